The normalized spacial score (nSPS) is 30.8. The predicted octanol–water partition coefficient (Wildman–Crippen LogP) is 3.90. The topological polar surface area (TPSA) is 17.1 Å². The summed E-state index contributed by atoms with van der Waals surface area (Å²) in [6.07, 6.45) is 7.25. The van der Waals surface area contributed by atoms with Gasteiger partial charge >= 0.3 is 0 Å². The second kappa shape index (κ2) is 3.96. The van der Waals surface area contributed by atoms with Crippen LogP contribution in [0, 0.1) is 10.8 Å². The highest BCUT2D eigenvalue weighted by molar-refractivity contribution is 5.87. The third-order valence-electron chi connectivity index (χ3n) is 3.69. The summed E-state index contributed by atoms with van der Waals surface area (Å²) in [5.41, 5.74) is 1.47. The summed E-state index contributed by atoms with van der Waals surface area (Å²) >= 11 is 0. The van der Waals surface area contributed by atoms with E-state index in [2.05, 4.69) is 27.4 Å². The number of allylic oxidation sites excluding steroid dienone is 3. The predicted molar refractivity (Wildman–Crippen MR) is 64.7 cm³/mol. The Hall–Kier alpha value is -0.850. The molecule has 0 heterocycles. The van der Waals surface area contributed by atoms with E-state index >= 15 is 0 Å². The van der Waals surface area contributed by atoms with Crippen molar-refractivity contribution in [3.63, 3.8) is 0 Å². The molecule has 1 rings (SSSR count). The maximum absolute atomic E-state index is 11.0. The van der Waals surface area contributed by atoms with E-state index in [0.29, 0.717) is 0 Å². The van der Waals surface area contributed by atoms with Gasteiger partial charge in [-0.1, -0.05) is 45.4 Å². The third-order valence-corrected chi connectivity index (χ3v) is 3.69. The highest BCUT2D eigenvalue weighted by atomic mass is 16.1. The van der Waals surface area contributed by atoms with Gasteiger partial charge in [0.15, 0.2) is 5.78 Å². The standard InChI is InChI=1S/C14H22O/c1-11(15)7-10-14(5)9-6-8-13(3,4)12(14)2/h7,10H,2,6,8-9H2,1,3-5H3. The molecule has 0 amide bonds. The van der Waals surface area contributed by atoms with Crippen molar-refractivity contribution in [1.82, 2.24) is 0 Å². The lowest BCUT2D eigenvalue weighted by Gasteiger charge is -2.44. The van der Waals surface area contributed by atoms with Gasteiger partial charge in [-0.2, -0.15) is 0 Å². The van der Waals surface area contributed by atoms with Crippen molar-refractivity contribution in [2.24, 2.45) is 10.8 Å². The first-order valence-corrected chi connectivity index (χ1v) is 5.68. The number of hydrogen-bond donors (Lipinski definition) is 0. The maximum atomic E-state index is 11.0. The third kappa shape index (κ3) is 2.58. The van der Waals surface area contributed by atoms with Crippen molar-refractivity contribution in [2.75, 3.05) is 0 Å². The van der Waals surface area contributed by atoms with E-state index in [1.807, 2.05) is 6.08 Å². The van der Waals surface area contributed by atoms with Gasteiger partial charge < -0.3 is 0 Å². The van der Waals surface area contributed by atoms with Crippen LogP contribution in [0.15, 0.2) is 24.3 Å². The molecule has 0 radical (unpaired) electrons. The molecule has 1 aliphatic rings. The van der Waals surface area contributed by atoms with Crippen LogP contribution < -0.4 is 0 Å². The minimum atomic E-state index is 0.00736. The molecule has 1 heteroatoms. The lowest BCUT2D eigenvalue weighted by Crippen LogP contribution is -2.32. The summed E-state index contributed by atoms with van der Waals surface area (Å²) in [5, 5.41) is 0. The monoisotopic (exact) mass is 206 g/mol. The molecule has 15 heavy (non-hydrogen) atoms. The Morgan fingerprint density at radius 1 is 1.33 bits per heavy atom. The van der Waals surface area contributed by atoms with E-state index in [4.69, 9.17) is 0 Å². The van der Waals surface area contributed by atoms with Gasteiger partial charge in [-0.15, -0.1) is 0 Å². The van der Waals surface area contributed by atoms with Crippen LogP contribution in [-0.2, 0) is 4.79 Å². The Bertz CT molecular complexity index is 309. The summed E-state index contributed by atoms with van der Waals surface area (Å²) in [5.74, 6) is 0.118. The summed E-state index contributed by atoms with van der Waals surface area (Å²) in [6, 6.07) is 0. The molecule has 0 aliphatic heterocycles. The molecule has 1 nitrogen and oxygen atoms in total. The minimum Gasteiger partial charge on any atom is -0.295 e. The first kappa shape index (κ1) is 12.2. The molecule has 1 fully saturated rings. The van der Waals surface area contributed by atoms with Crippen molar-refractivity contribution in [3.8, 4) is 0 Å². The molecule has 0 aromatic carbocycles. The Morgan fingerprint density at radius 2 is 1.93 bits per heavy atom. The van der Waals surface area contributed by atoms with Crippen LogP contribution in [0.5, 0.6) is 0 Å². The largest absolute Gasteiger partial charge is 0.295 e. The number of rotatable bonds is 2. The van der Waals surface area contributed by atoms with Crippen molar-refractivity contribution in [3.05, 3.63) is 24.3 Å². The summed E-state index contributed by atoms with van der Waals surface area (Å²) in [6.45, 7) is 12.5. The van der Waals surface area contributed by atoms with Crippen LogP contribution in [0.2, 0.25) is 0 Å². The Morgan fingerprint density at radius 3 is 2.47 bits per heavy atom. The van der Waals surface area contributed by atoms with Gasteiger partial charge in [-0.05, 0) is 31.3 Å². The summed E-state index contributed by atoms with van der Waals surface area (Å²) in [7, 11) is 0. The van der Waals surface area contributed by atoms with Gasteiger partial charge in [0.05, 0.1) is 0 Å². The first-order chi connectivity index (χ1) is 6.78. The molecular formula is C14H22O. The number of hydrogen-bond acceptors (Lipinski definition) is 1. The second-order valence-corrected chi connectivity index (χ2v) is 5.58. The van der Waals surface area contributed by atoms with Crippen LogP contribution >= 0.6 is 0 Å². The smallest absolute Gasteiger partial charge is 0.152 e. The average Bonchev–Trinajstić information content (AvgIpc) is 2.11. The van der Waals surface area contributed by atoms with E-state index in [-0.39, 0.29) is 16.6 Å². The van der Waals surface area contributed by atoms with Gasteiger partial charge in [-0.3, -0.25) is 4.79 Å². The number of ketones is 1. The first-order valence-electron chi connectivity index (χ1n) is 5.68. The summed E-state index contributed by atoms with van der Waals surface area (Å²) < 4.78 is 0. The fourth-order valence-corrected chi connectivity index (χ4v) is 2.46. The number of carbonyl (C=O) groups excluding carboxylic acids is 1. The van der Waals surface area contributed by atoms with Crippen LogP contribution in [0.4, 0.5) is 0 Å². The molecule has 0 aromatic heterocycles. The van der Waals surface area contributed by atoms with Crippen LogP contribution in [-0.4, -0.2) is 5.78 Å². The molecule has 1 atom stereocenters. The van der Waals surface area contributed by atoms with Crippen molar-refractivity contribution in [1.29, 1.82) is 0 Å². The molecule has 0 spiro atoms. The van der Waals surface area contributed by atoms with Crippen molar-refractivity contribution >= 4 is 5.78 Å². The van der Waals surface area contributed by atoms with Crippen molar-refractivity contribution in [2.45, 2.75) is 47.0 Å². The van der Waals surface area contributed by atoms with E-state index in [1.54, 1.807) is 13.0 Å². The van der Waals surface area contributed by atoms with Crippen LogP contribution in [0.25, 0.3) is 0 Å². The highest BCUT2D eigenvalue weighted by Gasteiger charge is 2.38. The van der Waals surface area contributed by atoms with Gasteiger partial charge in [0.25, 0.3) is 0 Å². The van der Waals surface area contributed by atoms with Gasteiger partial charge in [0.1, 0.15) is 0 Å². The molecule has 0 N–H and O–H groups in total. The molecule has 1 saturated carbocycles. The quantitative estimate of drug-likeness (QED) is 0.494. The number of carbonyl (C=O) groups is 1. The molecule has 0 bridgehead atoms. The van der Waals surface area contributed by atoms with Crippen molar-refractivity contribution < 1.29 is 4.79 Å². The van der Waals surface area contributed by atoms with E-state index in [0.717, 1.165) is 6.42 Å². The molecule has 1 unspecified atom stereocenters. The second-order valence-electron chi connectivity index (χ2n) is 5.58. The average molecular weight is 206 g/mol. The fraction of sp³-hybridized carbons (Fsp3) is 0.643. The zero-order valence-electron chi connectivity index (χ0n) is 10.4. The van der Waals surface area contributed by atoms with Crippen LogP contribution in [0.1, 0.15) is 47.0 Å². The van der Waals surface area contributed by atoms with Crippen LogP contribution in [0.3, 0.4) is 0 Å². The van der Waals surface area contributed by atoms with Gasteiger partial charge in [-0.25, -0.2) is 0 Å². The lowest BCUT2D eigenvalue weighted by molar-refractivity contribution is -0.112. The van der Waals surface area contributed by atoms with E-state index < -0.39 is 0 Å². The Kier molecular flexibility index (Phi) is 3.22. The summed E-state index contributed by atoms with van der Waals surface area (Å²) in [4.78, 5) is 11.0. The fourth-order valence-electron chi connectivity index (χ4n) is 2.46. The van der Waals surface area contributed by atoms with E-state index in [1.165, 1.54) is 18.4 Å². The molecule has 84 valence electrons. The zero-order chi connectivity index (χ0) is 11.7. The SMILES string of the molecule is C=C1C(C)(C)CCCC1(C)C=CC(C)=O. The zero-order valence-corrected chi connectivity index (χ0v) is 10.4. The van der Waals surface area contributed by atoms with E-state index in [9.17, 15) is 4.79 Å². The lowest BCUT2D eigenvalue weighted by atomic mass is 9.61. The maximum Gasteiger partial charge on any atom is 0.152 e. The molecule has 0 aromatic rings. The molecular weight excluding hydrogens is 184 g/mol. The molecule has 1 aliphatic carbocycles. The Labute approximate surface area is 93.3 Å². The molecule has 0 saturated heterocycles. The van der Waals surface area contributed by atoms with Gasteiger partial charge in [0.2, 0.25) is 0 Å². The Balaban J connectivity index is 2.93. The highest BCUT2D eigenvalue weighted by Crippen LogP contribution is 2.50. The minimum absolute atomic E-state index is 0.00736. The van der Waals surface area contributed by atoms with Gasteiger partial charge in [0, 0.05) is 5.41 Å².